The smallest absolute Gasteiger partial charge is 0.136 e. The van der Waals surface area contributed by atoms with Crippen LogP contribution in [0.4, 0.5) is 0 Å². The van der Waals surface area contributed by atoms with Gasteiger partial charge in [0.05, 0.1) is 24.7 Å². The average molecular weight is 401 g/mol. The Kier molecular flexibility index (Phi) is 4.21. The Balaban J connectivity index is 1.89. The van der Waals surface area contributed by atoms with Gasteiger partial charge in [0, 0.05) is 34.8 Å². The fourth-order valence-electron chi connectivity index (χ4n) is 3.72. The number of ether oxygens (including phenoxy) is 2. The molecule has 5 heteroatoms. The molecular formula is C20H21BrN2O2. The van der Waals surface area contributed by atoms with Crippen molar-refractivity contribution in [3.05, 3.63) is 57.2 Å². The van der Waals surface area contributed by atoms with Crippen molar-refractivity contribution in [3.63, 3.8) is 0 Å². The highest BCUT2D eigenvalue weighted by Crippen LogP contribution is 2.41. The predicted molar refractivity (Wildman–Crippen MR) is 104 cm³/mol. The number of methoxy groups -OCH3 is 2. The van der Waals surface area contributed by atoms with Crippen LogP contribution in [-0.4, -0.2) is 25.7 Å². The van der Waals surface area contributed by atoms with E-state index < -0.39 is 0 Å². The van der Waals surface area contributed by atoms with E-state index >= 15 is 0 Å². The van der Waals surface area contributed by atoms with E-state index in [0.717, 1.165) is 34.5 Å². The molecule has 3 aromatic rings. The first-order valence-electron chi connectivity index (χ1n) is 8.38. The zero-order valence-electron chi connectivity index (χ0n) is 14.6. The van der Waals surface area contributed by atoms with E-state index in [1.165, 1.54) is 27.7 Å². The molecule has 0 fully saturated rings. The van der Waals surface area contributed by atoms with Crippen LogP contribution < -0.4 is 14.8 Å². The molecule has 0 amide bonds. The molecule has 4 nitrogen and oxygen atoms in total. The van der Waals surface area contributed by atoms with Crippen LogP contribution in [0.5, 0.6) is 11.5 Å². The average Bonchev–Trinajstić information content (AvgIpc) is 2.99. The molecule has 25 heavy (non-hydrogen) atoms. The number of nitrogens with one attached hydrogen (secondary N) is 2. The maximum absolute atomic E-state index is 5.65. The Morgan fingerprint density at radius 2 is 1.88 bits per heavy atom. The van der Waals surface area contributed by atoms with Gasteiger partial charge in [-0.3, -0.25) is 0 Å². The molecule has 1 aliphatic rings. The summed E-state index contributed by atoms with van der Waals surface area (Å²) in [5.74, 6) is 1.59. The fourth-order valence-corrected chi connectivity index (χ4v) is 4.24. The highest BCUT2D eigenvalue weighted by atomic mass is 79.9. The van der Waals surface area contributed by atoms with Crippen LogP contribution in [0.3, 0.4) is 0 Å². The number of benzene rings is 2. The summed E-state index contributed by atoms with van der Waals surface area (Å²) in [6.45, 7) is 3.08. The van der Waals surface area contributed by atoms with E-state index in [4.69, 9.17) is 9.47 Å². The van der Waals surface area contributed by atoms with Crippen LogP contribution in [0, 0.1) is 6.92 Å². The van der Waals surface area contributed by atoms with Crippen LogP contribution in [0.1, 0.15) is 28.4 Å². The SMILES string of the molecule is COc1cc(OC)c(C2NCCc3c2[nH]c2ccc(C)cc32)cc1Br. The Labute approximate surface area is 155 Å². The van der Waals surface area contributed by atoms with E-state index in [9.17, 15) is 0 Å². The summed E-state index contributed by atoms with van der Waals surface area (Å²) < 4.78 is 12.0. The Bertz CT molecular complexity index is 949. The van der Waals surface area contributed by atoms with Crippen molar-refractivity contribution in [3.8, 4) is 11.5 Å². The third-order valence-corrected chi connectivity index (χ3v) is 5.54. The molecule has 0 aliphatic carbocycles. The minimum atomic E-state index is 0.0635. The van der Waals surface area contributed by atoms with E-state index in [1.807, 2.05) is 6.07 Å². The van der Waals surface area contributed by atoms with Gasteiger partial charge in [0.25, 0.3) is 0 Å². The zero-order valence-corrected chi connectivity index (χ0v) is 16.2. The highest BCUT2D eigenvalue weighted by Gasteiger charge is 2.28. The fraction of sp³-hybridized carbons (Fsp3) is 0.300. The molecule has 1 aromatic heterocycles. The molecule has 2 N–H and O–H groups in total. The highest BCUT2D eigenvalue weighted by molar-refractivity contribution is 9.10. The van der Waals surface area contributed by atoms with Crippen molar-refractivity contribution in [1.82, 2.24) is 10.3 Å². The van der Waals surface area contributed by atoms with Crippen LogP contribution in [0.25, 0.3) is 10.9 Å². The molecule has 0 saturated heterocycles. The second-order valence-corrected chi connectivity index (χ2v) is 7.29. The van der Waals surface area contributed by atoms with Gasteiger partial charge in [-0.05, 0) is 53.0 Å². The number of aromatic nitrogens is 1. The Morgan fingerprint density at radius 3 is 2.64 bits per heavy atom. The number of aromatic amines is 1. The molecule has 0 saturated carbocycles. The first-order chi connectivity index (χ1) is 12.1. The minimum Gasteiger partial charge on any atom is -0.496 e. The first-order valence-corrected chi connectivity index (χ1v) is 9.17. The van der Waals surface area contributed by atoms with Crippen molar-refractivity contribution < 1.29 is 9.47 Å². The summed E-state index contributed by atoms with van der Waals surface area (Å²) in [5.41, 5.74) is 6.20. The lowest BCUT2D eigenvalue weighted by Crippen LogP contribution is -2.30. The number of fused-ring (bicyclic) bond motifs is 3. The van der Waals surface area contributed by atoms with Gasteiger partial charge in [0.1, 0.15) is 11.5 Å². The summed E-state index contributed by atoms with van der Waals surface area (Å²) in [5, 5.41) is 4.96. The standard InChI is InChI=1S/C20H21BrN2O2/c1-11-4-5-16-13(8-11)12-6-7-22-19(20(12)23-16)14-9-15(21)18(25-3)10-17(14)24-2/h4-5,8-10,19,22-23H,6-7H2,1-3H3. The maximum atomic E-state index is 5.65. The van der Waals surface area contributed by atoms with Crippen LogP contribution >= 0.6 is 15.9 Å². The van der Waals surface area contributed by atoms with E-state index in [-0.39, 0.29) is 6.04 Å². The maximum Gasteiger partial charge on any atom is 0.136 e. The number of aryl methyl sites for hydroxylation is 1. The van der Waals surface area contributed by atoms with Gasteiger partial charge in [-0.1, -0.05) is 11.6 Å². The summed E-state index contributed by atoms with van der Waals surface area (Å²) in [7, 11) is 3.36. The zero-order chi connectivity index (χ0) is 17.6. The van der Waals surface area contributed by atoms with Gasteiger partial charge >= 0.3 is 0 Å². The molecule has 1 aliphatic heterocycles. The lowest BCUT2D eigenvalue weighted by atomic mass is 9.93. The van der Waals surface area contributed by atoms with Crippen LogP contribution in [0.15, 0.2) is 34.8 Å². The predicted octanol–water partition coefficient (Wildman–Crippen LogP) is 4.49. The Morgan fingerprint density at radius 1 is 1.08 bits per heavy atom. The minimum absolute atomic E-state index is 0.0635. The van der Waals surface area contributed by atoms with Crippen LogP contribution in [-0.2, 0) is 6.42 Å². The molecule has 0 bridgehead atoms. The van der Waals surface area contributed by atoms with Crippen molar-refractivity contribution in [2.45, 2.75) is 19.4 Å². The summed E-state index contributed by atoms with van der Waals surface area (Å²) in [4.78, 5) is 3.63. The second kappa shape index (κ2) is 6.39. The van der Waals surface area contributed by atoms with Crippen molar-refractivity contribution >= 4 is 26.8 Å². The van der Waals surface area contributed by atoms with Crippen molar-refractivity contribution in [2.24, 2.45) is 0 Å². The third kappa shape index (κ3) is 2.71. The van der Waals surface area contributed by atoms with E-state index in [2.05, 4.69) is 57.4 Å². The van der Waals surface area contributed by atoms with Gasteiger partial charge < -0.3 is 19.8 Å². The number of halogens is 1. The summed E-state index contributed by atoms with van der Waals surface area (Å²) >= 11 is 3.60. The van der Waals surface area contributed by atoms with Gasteiger partial charge in [0.2, 0.25) is 0 Å². The molecule has 2 heterocycles. The van der Waals surface area contributed by atoms with Gasteiger partial charge in [-0.25, -0.2) is 0 Å². The van der Waals surface area contributed by atoms with E-state index in [1.54, 1.807) is 14.2 Å². The monoisotopic (exact) mass is 400 g/mol. The summed E-state index contributed by atoms with van der Waals surface area (Å²) in [6, 6.07) is 10.7. The lowest BCUT2D eigenvalue weighted by molar-refractivity contribution is 0.384. The van der Waals surface area contributed by atoms with Crippen molar-refractivity contribution in [1.29, 1.82) is 0 Å². The molecular weight excluding hydrogens is 380 g/mol. The van der Waals surface area contributed by atoms with Gasteiger partial charge in [-0.15, -0.1) is 0 Å². The molecule has 2 aromatic carbocycles. The molecule has 1 unspecified atom stereocenters. The Hall–Kier alpha value is -1.98. The molecule has 1 atom stereocenters. The lowest BCUT2D eigenvalue weighted by Gasteiger charge is -2.26. The van der Waals surface area contributed by atoms with E-state index in [0.29, 0.717) is 0 Å². The topological polar surface area (TPSA) is 46.3 Å². The number of rotatable bonds is 3. The molecule has 0 spiro atoms. The third-order valence-electron chi connectivity index (χ3n) is 4.92. The largest absolute Gasteiger partial charge is 0.496 e. The molecule has 130 valence electrons. The summed E-state index contributed by atoms with van der Waals surface area (Å²) in [6.07, 6.45) is 1.02. The second-order valence-electron chi connectivity index (χ2n) is 6.43. The van der Waals surface area contributed by atoms with Crippen molar-refractivity contribution in [2.75, 3.05) is 20.8 Å². The van der Waals surface area contributed by atoms with Gasteiger partial charge in [0.15, 0.2) is 0 Å². The van der Waals surface area contributed by atoms with Crippen LogP contribution in [0.2, 0.25) is 0 Å². The van der Waals surface area contributed by atoms with Gasteiger partial charge in [-0.2, -0.15) is 0 Å². The first kappa shape index (κ1) is 16.5. The molecule has 0 radical (unpaired) electrons. The number of hydrogen-bond donors (Lipinski definition) is 2. The number of H-pyrrole nitrogens is 1. The quantitative estimate of drug-likeness (QED) is 0.680. The molecule has 4 rings (SSSR count). The number of hydrogen-bond acceptors (Lipinski definition) is 3. The normalized spacial score (nSPS) is 16.7.